The van der Waals surface area contributed by atoms with Gasteiger partial charge >= 0.3 is 0 Å². The van der Waals surface area contributed by atoms with Crippen LogP contribution < -0.4 is 5.32 Å². The largest absolute Gasteiger partial charge is 0.352 e. The van der Waals surface area contributed by atoms with Gasteiger partial charge in [-0.05, 0) is 12.0 Å². The van der Waals surface area contributed by atoms with Gasteiger partial charge in [-0.1, -0.05) is 36.4 Å². The van der Waals surface area contributed by atoms with E-state index in [-0.39, 0.29) is 6.04 Å². The summed E-state index contributed by atoms with van der Waals surface area (Å²) in [6.45, 7) is 3.65. The minimum absolute atomic E-state index is 0.0277. The lowest BCUT2D eigenvalue weighted by Crippen LogP contribution is -2.27. The quantitative estimate of drug-likeness (QED) is 0.533. The Morgan fingerprint density at radius 3 is 2.62 bits per heavy atom. The zero-order valence-corrected chi connectivity index (χ0v) is 7.44. The summed E-state index contributed by atoms with van der Waals surface area (Å²) in [5.74, 6) is 0. The molecule has 0 aliphatic carbocycles. The molecule has 0 radical (unpaired) electrons. The molecule has 2 heteroatoms. The second-order valence-corrected chi connectivity index (χ2v) is 2.82. The van der Waals surface area contributed by atoms with Crippen molar-refractivity contribution in [3.05, 3.63) is 48.6 Å². The number of hydrogen-bond donors (Lipinski definition) is 1. The van der Waals surface area contributed by atoms with Crippen LogP contribution in [0.3, 0.4) is 0 Å². The van der Waals surface area contributed by atoms with Gasteiger partial charge in [-0.2, -0.15) is 0 Å². The molecule has 1 N–H and O–H groups in total. The first-order chi connectivity index (χ1) is 6.36. The van der Waals surface area contributed by atoms with Gasteiger partial charge in [0.15, 0.2) is 0 Å². The molecule has 0 spiro atoms. The molecule has 0 saturated heterocycles. The van der Waals surface area contributed by atoms with Crippen LogP contribution in [0.4, 0.5) is 0 Å². The second kappa shape index (κ2) is 5.14. The molecule has 0 aliphatic rings. The molecule has 0 aliphatic heterocycles. The van der Waals surface area contributed by atoms with Gasteiger partial charge < -0.3 is 5.32 Å². The number of rotatable bonds is 5. The summed E-state index contributed by atoms with van der Waals surface area (Å²) in [5.41, 5.74) is 1.20. The van der Waals surface area contributed by atoms with Crippen LogP contribution in [0.1, 0.15) is 5.56 Å². The Labute approximate surface area is 78.3 Å². The van der Waals surface area contributed by atoms with Crippen molar-refractivity contribution in [2.45, 2.75) is 12.5 Å². The maximum Gasteiger partial charge on any atom is 0.207 e. The standard InChI is InChI=1S/C11H13NO/c1-2-11(12-9-13)8-10-6-4-3-5-7-10/h2-7,9,11H,1,8H2,(H,12,13)/t11-/m1/s1. The van der Waals surface area contributed by atoms with E-state index in [1.54, 1.807) is 6.08 Å². The fourth-order valence-electron chi connectivity index (χ4n) is 1.17. The molecule has 68 valence electrons. The predicted octanol–water partition coefficient (Wildman–Crippen LogP) is 1.53. The van der Waals surface area contributed by atoms with Crippen molar-refractivity contribution in [2.24, 2.45) is 0 Å². The van der Waals surface area contributed by atoms with E-state index in [1.165, 1.54) is 5.56 Å². The zero-order valence-electron chi connectivity index (χ0n) is 7.44. The lowest BCUT2D eigenvalue weighted by atomic mass is 10.1. The van der Waals surface area contributed by atoms with E-state index in [1.807, 2.05) is 30.3 Å². The number of benzene rings is 1. The highest BCUT2D eigenvalue weighted by Crippen LogP contribution is 2.02. The molecule has 0 unspecified atom stereocenters. The highest BCUT2D eigenvalue weighted by molar-refractivity contribution is 5.47. The molecule has 13 heavy (non-hydrogen) atoms. The van der Waals surface area contributed by atoms with Gasteiger partial charge in [0.05, 0.1) is 6.04 Å². The summed E-state index contributed by atoms with van der Waals surface area (Å²) >= 11 is 0. The van der Waals surface area contributed by atoms with E-state index < -0.39 is 0 Å². The Bertz CT molecular complexity index is 269. The number of amides is 1. The Hall–Kier alpha value is -1.57. The fourth-order valence-corrected chi connectivity index (χ4v) is 1.17. The molecule has 1 aromatic rings. The van der Waals surface area contributed by atoms with Crippen LogP contribution in [0.15, 0.2) is 43.0 Å². The molecular weight excluding hydrogens is 162 g/mol. The monoisotopic (exact) mass is 175 g/mol. The number of carbonyl (C=O) groups is 1. The van der Waals surface area contributed by atoms with Crippen LogP contribution in [0, 0.1) is 0 Å². The summed E-state index contributed by atoms with van der Waals surface area (Å²) in [5, 5.41) is 2.68. The SMILES string of the molecule is C=C[C@H](Cc1ccccc1)NC=O. The summed E-state index contributed by atoms with van der Waals surface area (Å²) in [7, 11) is 0. The smallest absolute Gasteiger partial charge is 0.207 e. The van der Waals surface area contributed by atoms with Gasteiger partial charge in [0.2, 0.25) is 6.41 Å². The summed E-state index contributed by atoms with van der Waals surface area (Å²) < 4.78 is 0. The van der Waals surface area contributed by atoms with Crippen LogP contribution in [0.25, 0.3) is 0 Å². The van der Waals surface area contributed by atoms with Crippen molar-refractivity contribution in [3.8, 4) is 0 Å². The second-order valence-electron chi connectivity index (χ2n) is 2.82. The van der Waals surface area contributed by atoms with Gasteiger partial charge in [0.1, 0.15) is 0 Å². The summed E-state index contributed by atoms with van der Waals surface area (Å²) in [4.78, 5) is 10.2. The van der Waals surface area contributed by atoms with Crippen LogP contribution in [-0.2, 0) is 11.2 Å². The zero-order chi connectivity index (χ0) is 9.52. The van der Waals surface area contributed by atoms with E-state index in [2.05, 4.69) is 11.9 Å². The molecule has 2 nitrogen and oxygen atoms in total. The van der Waals surface area contributed by atoms with E-state index in [4.69, 9.17) is 0 Å². The molecule has 1 amide bonds. The van der Waals surface area contributed by atoms with Crippen molar-refractivity contribution in [2.75, 3.05) is 0 Å². The molecule has 0 aromatic heterocycles. The molecule has 1 rings (SSSR count). The fraction of sp³-hybridized carbons (Fsp3) is 0.182. The first-order valence-corrected chi connectivity index (χ1v) is 4.23. The molecule has 0 fully saturated rings. The van der Waals surface area contributed by atoms with E-state index >= 15 is 0 Å². The highest BCUT2D eigenvalue weighted by atomic mass is 16.1. The number of nitrogens with one attached hydrogen (secondary N) is 1. The molecule has 0 heterocycles. The van der Waals surface area contributed by atoms with Crippen LogP contribution in [0.5, 0.6) is 0 Å². The van der Waals surface area contributed by atoms with Gasteiger partial charge in [-0.3, -0.25) is 4.79 Å². The van der Waals surface area contributed by atoms with E-state index in [0.717, 1.165) is 6.42 Å². The molecular formula is C11H13NO. The predicted molar refractivity (Wildman–Crippen MR) is 53.3 cm³/mol. The first-order valence-electron chi connectivity index (χ1n) is 4.23. The van der Waals surface area contributed by atoms with Gasteiger partial charge in [0, 0.05) is 0 Å². The minimum Gasteiger partial charge on any atom is -0.352 e. The van der Waals surface area contributed by atoms with Crippen molar-refractivity contribution < 1.29 is 4.79 Å². The van der Waals surface area contributed by atoms with Crippen molar-refractivity contribution >= 4 is 6.41 Å². The van der Waals surface area contributed by atoms with Crippen molar-refractivity contribution in [3.63, 3.8) is 0 Å². The highest BCUT2D eigenvalue weighted by Gasteiger charge is 2.02. The Kier molecular flexibility index (Phi) is 3.76. The van der Waals surface area contributed by atoms with E-state index in [9.17, 15) is 4.79 Å². The lowest BCUT2D eigenvalue weighted by molar-refractivity contribution is -0.109. The Morgan fingerprint density at radius 1 is 1.38 bits per heavy atom. The summed E-state index contributed by atoms with van der Waals surface area (Å²) in [6.07, 6.45) is 3.24. The Morgan fingerprint density at radius 2 is 2.08 bits per heavy atom. The molecule has 1 atom stereocenters. The number of hydrogen-bond acceptors (Lipinski definition) is 1. The maximum atomic E-state index is 10.2. The average molecular weight is 175 g/mol. The minimum atomic E-state index is 0.0277. The first kappa shape index (κ1) is 9.52. The third-order valence-corrected chi connectivity index (χ3v) is 1.87. The maximum absolute atomic E-state index is 10.2. The topological polar surface area (TPSA) is 29.1 Å². The normalized spacial score (nSPS) is 11.7. The number of carbonyl (C=O) groups excluding carboxylic acids is 1. The third-order valence-electron chi connectivity index (χ3n) is 1.87. The van der Waals surface area contributed by atoms with E-state index in [0.29, 0.717) is 6.41 Å². The summed E-state index contributed by atoms with van der Waals surface area (Å²) in [6, 6.07) is 10.0. The van der Waals surface area contributed by atoms with Crippen molar-refractivity contribution in [1.29, 1.82) is 0 Å². The molecule has 1 aromatic carbocycles. The lowest BCUT2D eigenvalue weighted by Gasteiger charge is -2.10. The average Bonchev–Trinajstić information content (AvgIpc) is 2.19. The van der Waals surface area contributed by atoms with Crippen LogP contribution in [-0.4, -0.2) is 12.5 Å². The van der Waals surface area contributed by atoms with Gasteiger partial charge in [0.25, 0.3) is 0 Å². The van der Waals surface area contributed by atoms with Crippen LogP contribution >= 0.6 is 0 Å². The molecule has 0 saturated carbocycles. The third kappa shape index (κ3) is 3.11. The van der Waals surface area contributed by atoms with Gasteiger partial charge in [-0.25, -0.2) is 0 Å². The van der Waals surface area contributed by atoms with Crippen molar-refractivity contribution in [1.82, 2.24) is 5.32 Å². The molecule has 0 bridgehead atoms. The van der Waals surface area contributed by atoms with Gasteiger partial charge in [-0.15, -0.1) is 6.58 Å². The van der Waals surface area contributed by atoms with Crippen LogP contribution in [0.2, 0.25) is 0 Å². The Balaban J connectivity index is 2.56.